The minimum atomic E-state index is -4.57. The number of esters is 1. The molecule has 1 heterocycles. The molecular formula is C22H13FN2O7S. The largest absolute Gasteiger partial charge is 0.402 e. The molecule has 0 atom stereocenters. The Bertz CT molecular complexity index is 1430. The minimum Gasteiger partial charge on any atom is -0.402 e. The lowest BCUT2D eigenvalue weighted by Crippen LogP contribution is -2.12. The van der Waals surface area contributed by atoms with E-state index in [1.807, 2.05) is 0 Å². The van der Waals surface area contributed by atoms with Crippen LogP contribution in [0.15, 0.2) is 88.4 Å². The lowest BCUT2D eigenvalue weighted by molar-refractivity contribution is -0.387. The second-order valence-electron chi connectivity index (χ2n) is 6.64. The molecule has 9 nitrogen and oxygen atoms in total. The molecule has 3 aromatic rings. The van der Waals surface area contributed by atoms with Gasteiger partial charge < -0.3 is 8.92 Å². The maximum Gasteiger partial charge on any atom is 0.363 e. The molecule has 3 aromatic carbocycles. The maximum absolute atomic E-state index is 13.1. The highest BCUT2D eigenvalue weighted by atomic mass is 32.2. The van der Waals surface area contributed by atoms with E-state index < -0.39 is 37.4 Å². The van der Waals surface area contributed by atoms with E-state index in [9.17, 15) is 27.7 Å². The van der Waals surface area contributed by atoms with Gasteiger partial charge in [0.05, 0.1) is 4.92 Å². The number of ether oxygens (including phenoxy) is 1. The molecule has 0 amide bonds. The molecule has 0 radical (unpaired) electrons. The van der Waals surface area contributed by atoms with Crippen molar-refractivity contribution in [1.82, 2.24) is 0 Å². The summed E-state index contributed by atoms with van der Waals surface area (Å²) in [5.41, 5.74) is -0.248. The fourth-order valence-electron chi connectivity index (χ4n) is 2.93. The number of nitro benzene ring substituents is 1. The van der Waals surface area contributed by atoms with E-state index >= 15 is 0 Å². The Morgan fingerprint density at radius 3 is 2.39 bits per heavy atom. The summed E-state index contributed by atoms with van der Waals surface area (Å²) < 4.78 is 48.9. The van der Waals surface area contributed by atoms with Crippen LogP contribution in [0.25, 0.3) is 6.08 Å². The smallest absolute Gasteiger partial charge is 0.363 e. The first-order valence-electron chi connectivity index (χ1n) is 9.30. The number of rotatable bonds is 6. The van der Waals surface area contributed by atoms with Crippen molar-refractivity contribution in [2.45, 2.75) is 4.90 Å². The fourth-order valence-corrected chi connectivity index (χ4v) is 4.05. The molecule has 0 bridgehead atoms. The molecule has 33 heavy (non-hydrogen) atoms. The first-order chi connectivity index (χ1) is 15.7. The average Bonchev–Trinajstić information content (AvgIpc) is 3.15. The second kappa shape index (κ2) is 8.63. The minimum absolute atomic E-state index is 0.0443. The van der Waals surface area contributed by atoms with Gasteiger partial charge in [0.15, 0.2) is 10.6 Å². The highest BCUT2D eigenvalue weighted by Crippen LogP contribution is 2.30. The Balaban J connectivity index is 1.69. The van der Waals surface area contributed by atoms with Crippen molar-refractivity contribution in [3.05, 3.63) is 106 Å². The second-order valence-corrected chi connectivity index (χ2v) is 8.16. The third-order valence-electron chi connectivity index (χ3n) is 4.45. The number of carbonyl (C=O) groups excluding carboxylic acids is 1. The number of hydrogen-bond donors (Lipinski definition) is 0. The number of nitro groups is 1. The van der Waals surface area contributed by atoms with Crippen molar-refractivity contribution in [1.29, 1.82) is 0 Å². The molecule has 4 rings (SSSR count). The van der Waals surface area contributed by atoms with Crippen LogP contribution in [0.4, 0.5) is 10.1 Å². The van der Waals surface area contributed by atoms with Crippen molar-refractivity contribution >= 4 is 33.7 Å². The van der Waals surface area contributed by atoms with Crippen LogP contribution in [0, 0.1) is 15.9 Å². The Hall–Kier alpha value is -4.38. The molecule has 0 saturated carbocycles. The van der Waals surface area contributed by atoms with Gasteiger partial charge in [0.25, 0.3) is 5.69 Å². The number of halogens is 1. The van der Waals surface area contributed by atoms with Gasteiger partial charge in [-0.3, -0.25) is 10.1 Å². The van der Waals surface area contributed by atoms with Crippen molar-refractivity contribution in [3.63, 3.8) is 0 Å². The van der Waals surface area contributed by atoms with E-state index in [0.29, 0.717) is 5.56 Å². The normalized spacial score (nSPS) is 14.6. The molecule has 1 aliphatic heterocycles. The zero-order valence-electron chi connectivity index (χ0n) is 16.5. The van der Waals surface area contributed by atoms with E-state index in [-0.39, 0.29) is 22.9 Å². The number of para-hydroxylation sites is 2. The molecule has 0 aromatic heterocycles. The fraction of sp³-hybridized carbons (Fsp3) is 0. The van der Waals surface area contributed by atoms with Gasteiger partial charge >= 0.3 is 16.1 Å². The number of nitrogens with zero attached hydrogens (tertiary/aromatic N) is 2. The van der Waals surface area contributed by atoms with Crippen LogP contribution in [-0.4, -0.2) is 25.2 Å². The molecule has 1 aliphatic rings. The van der Waals surface area contributed by atoms with E-state index in [1.165, 1.54) is 60.7 Å². The topological polar surface area (TPSA) is 125 Å². The quantitative estimate of drug-likeness (QED) is 0.177. The Morgan fingerprint density at radius 1 is 1.00 bits per heavy atom. The van der Waals surface area contributed by atoms with Crippen LogP contribution in [0.1, 0.15) is 11.1 Å². The SMILES string of the molecule is O=C1OC(c2ccc(F)cc2)=N/C1=C\c1ccccc1OS(=O)(=O)c1ccccc1[N+](=O)[O-]. The first-order valence-corrected chi connectivity index (χ1v) is 10.7. The molecule has 0 unspecified atom stereocenters. The van der Waals surface area contributed by atoms with Crippen LogP contribution < -0.4 is 4.18 Å². The number of hydrogen-bond acceptors (Lipinski definition) is 8. The predicted octanol–water partition coefficient (Wildman–Crippen LogP) is 3.85. The van der Waals surface area contributed by atoms with E-state index in [4.69, 9.17) is 8.92 Å². The van der Waals surface area contributed by atoms with Gasteiger partial charge in [-0.25, -0.2) is 14.2 Å². The van der Waals surface area contributed by atoms with Crippen LogP contribution in [0.2, 0.25) is 0 Å². The third-order valence-corrected chi connectivity index (χ3v) is 5.74. The van der Waals surface area contributed by atoms with E-state index in [2.05, 4.69) is 4.99 Å². The number of carbonyl (C=O) groups is 1. The Kier molecular flexibility index (Phi) is 5.71. The zero-order chi connectivity index (χ0) is 23.6. The summed E-state index contributed by atoms with van der Waals surface area (Å²) in [4.78, 5) is 26.1. The van der Waals surface area contributed by atoms with Gasteiger partial charge in [-0.2, -0.15) is 8.42 Å². The van der Waals surface area contributed by atoms with Gasteiger partial charge in [-0.05, 0) is 42.5 Å². The number of benzene rings is 3. The van der Waals surface area contributed by atoms with Gasteiger partial charge in [0.2, 0.25) is 5.90 Å². The van der Waals surface area contributed by atoms with Crippen molar-refractivity contribution in [2.75, 3.05) is 0 Å². The molecule has 11 heteroatoms. The van der Waals surface area contributed by atoms with Crippen LogP contribution in [0.5, 0.6) is 5.75 Å². The molecule has 0 aliphatic carbocycles. The summed E-state index contributed by atoms with van der Waals surface area (Å²) in [6.07, 6.45) is 1.25. The Morgan fingerprint density at radius 2 is 1.67 bits per heavy atom. The summed E-state index contributed by atoms with van der Waals surface area (Å²) in [7, 11) is -4.57. The lowest BCUT2D eigenvalue weighted by atomic mass is 10.1. The van der Waals surface area contributed by atoms with Crippen LogP contribution in [0.3, 0.4) is 0 Å². The third kappa shape index (κ3) is 4.62. The Labute approximate surface area is 186 Å². The van der Waals surface area contributed by atoms with Gasteiger partial charge in [-0.15, -0.1) is 0 Å². The van der Waals surface area contributed by atoms with Crippen LogP contribution >= 0.6 is 0 Å². The summed E-state index contributed by atoms with van der Waals surface area (Å²) >= 11 is 0. The van der Waals surface area contributed by atoms with Crippen molar-refractivity contribution < 1.29 is 31.4 Å². The molecule has 0 saturated heterocycles. The van der Waals surface area contributed by atoms with Crippen LogP contribution in [-0.2, 0) is 19.6 Å². The highest BCUT2D eigenvalue weighted by molar-refractivity contribution is 7.87. The molecule has 166 valence electrons. The maximum atomic E-state index is 13.1. The van der Waals surface area contributed by atoms with Gasteiger partial charge in [0.1, 0.15) is 11.6 Å². The summed E-state index contributed by atoms with van der Waals surface area (Å²) in [6, 6.07) is 15.8. The average molecular weight is 468 g/mol. The lowest BCUT2D eigenvalue weighted by Gasteiger charge is -2.09. The van der Waals surface area contributed by atoms with E-state index in [0.717, 1.165) is 12.1 Å². The van der Waals surface area contributed by atoms with E-state index in [1.54, 1.807) is 6.07 Å². The first kappa shape index (κ1) is 21.8. The summed E-state index contributed by atoms with van der Waals surface area (Å²) in [5.74, 6) is -1.49. The number of cyclic esters (lactones) is 1. The monoisotopic (exact) mass is 468 g/mol. The molecule has 0 spiro atoms. The highest BCUT2D eigenvalue weighted by Gasteiger charge is 2.29. The molecule has 0 N–H and O–H groups in total. The van der Waals surface area contributed by atoms with Crippen molar-refractivity contribution in [3.8, 4) is 5.75 Å². The summed E-state index contributed by atoms with van der Waals surface area (Å²) in [5, 5.41) is 11.2. The molecule has 0 fully saturated rings. The zero-order valence-corrected chi connectivity index (χ0v) is 17.4. The standard InChI is InChI=1S/C22H13FN2O7S/c23-16-11-9-14(10-12-16)21-24-17(22(26)31-21)13-15-5-1-3-7-19(15)32-33(29,30)20-8-4-2-6-18(20)25(27)28/h1-13H/b17-13-. The molecular weight excluding hydrogens is 455 g/mol. The summed E-state index contributed by atoms with van der Waals surface area (Å²) in [6.45, 7) is 0. The van der Waals surface area contributed by atoms with Gasteiger partial charge in [-0.1, -0.05) is 30.3 Å². The number of aliphatic imine (C=N–C) groups is 1. The van der Waals surface area contributed by atoms with Crippen molar-refractivity contribution in [2.24, 2.45) is 4.99 Å². The predicted molar refractivity (Wildman–Crippen MR) is 114 cm³/mol. The van der Waals surface area contributed by atoms with Gasteiger partial charge in [0, 0.05) is 17.2 Å².